The monoisotopic (exact) mass is 326 g/mol. The number of rotatable bonds is 5. The fraction of sp³-hybridized carbons (Fsp3) is 0.333. The van der Waals surface area contributed by atoms with Crippen molar-refractivity contribution in [2.45, 2.75) is 25.9 Å². The van der Waals surface area contributed by atoms with Crippen LogP contribution in [0.15, 0.2) is 10.8 Å². The molecule has 2 atom stereocenters. The molecule has 0 saturated heterocycles. The molecule has 9 heteroatoms. The topological polar surface area (TPSA) is 118 Å². The van der Waals surface area contributed by atoms with Crippen LogP contribution in [0.5, 0.6) is 0 Å². The van der Waals surface area contributed by atoms with Crippen LogP contribution in [0.25, 0.3) is 0 Å². The second-order valence-electron chi connectivity index (χ2n) is 4.43. The molecule has 0 aliphatic rings. The molecular weight excluding hydrogens is 312 g/mol. The smallest absolute Gasteiger partial charge is 0.355 e. The minimum absolute atomic E-state index is 0.0241. The molecule has 4 N–H and O–H groups in total. The van der Waals surface area contributed by atoms with Gasteiger partial charge in [0.1, 0.15) is 15.7 Å². The summed E-state index contributed by atoms with van der Waals surface area (Å²) in [5, 5.41) is 15.9. The molecule has 2 heterocycles. The summed E-state index contributed by atoms with van der Waals surface area (Å²) in [7, 11) is 0. The van der Waals surface area contributed by atoms with Crippen molar-refractivity contribution in [3.63, 3.8) is 0 Å². The number of thiazole rings is 2. The maximum Gasteiger partial charge on any atom is 0.355 e. The third kappa shape index (κ3) is 3.63. The molecule has 2 aromatic heterocycles. The molecule has 0 fully saturated rings. The largest absolute Gasteiger partial charge is 0.476 e. The zero-order chi connectivity index (χ0) is 15.6. The first-order valence-electron chi connectivity index (χ1n) is 6.09. The van der Waals surface area contributed by atoms with E-state index in [1.54, 1.807) is 19.2 Å². The van der Waals surface area contributed by atoms with Gasteiger partial charge in [0.25, 0.3) is 5.91 Å². The van der Waals surface area contributed by atoms with Crippen LogP contribution in [-0.4, -0.2) is 27.0 Å². The van der Waals surface area contributed by atoms with Crippen LogP contribution >= 0.6 is 22.7 Å². The number of aromatic carboxylic acids is 1. The number of hydrogen-bond donors (Lipinski definition) is 3. The SMILES string of the molecule is CC(N)c1nc(C(=O)NC(C)c2nc(C(=O)O)cs2)cs1. The lowest BCUT2D eigenvalue weighted by Gasteiger charge is -2.09. The lowest BCUT2D eigenvalue weighted by atomic mass is 10.3. The molecule has 2 unspecified atom stereocenters. The lowest BCUT2D eigenvalue weighted by Crippen LogP contribution is -2.27. The van der Waals surface area contributed by atoms with Crippen LogP contribution < -0.4 is 11.1 Å². The van der Waals surface area contributed by atoms with Crippen LogP contribution in [0, 0.1) is 0 Å². The molecule has 0 radical (unpaired) electrons. The predicted molar refractivity (Wildman–Crippen MR) is 79.7 cm³/mol. The Labute approximate surface area is 128 Å². The molecule has 0 spiro atoms. The number of hydrogen-bond acceptors (Lipinski definition) is 7. The van der Waals surface area contributed by atoms with Crippen molar-refractivity contribution in [3.8, 4) is 0 Å². The molecule has 2 aromatic rings. The molecule has 1 amide bonds. The molecule has 0 aliphatic carbocycles. The van der Waals surface area contributed by atoms with Crippen LogP contribution in [0.3, 0.4) is 0 Å². The zero-order valence-electron chi connectivity index (χ0n) is 11.4. The van der Waals surface area contributed by atoms with E-state index in [2.05, 4.69) is 15.3 Å². The molecular formula is C12H14N4O3S2. The minimum Gasteiger partial charge on any atom is -0.476 e. The van der Waals surface area contributed by atoms with E-state index in [0.717, 1.165) is 0 Å². The van der Waals surface area contributed by atoms with Gasteiger partial charge in [-0.15, -0.1) is 22.7 Å². The summed E-state index contributed by atoms with van der Waals surface area (Å²) in [5.74, 6) is -1.42. The second kappa shape index (κ2) is 6.29. The van der Waals surface area contributed by atoms with Crippen molar-refractivity contribution in [1.82, 2.24) is 15.3 Å². The Morgan fingerprint density at radius 3 is 2.29 bits per heavy atom. The van der Waals surface area contributed by atoms with Gasteiger partial charge >= 0.3 is 5.97 Å². The predicted octanol–water partition coefficient (Wildman–Crippen LogP) is 1.81. The van der Waals surface area contributed by atoms with Gasteiger partial charge in [0.2, 0.25) is 0 Å². The summed E-state index contributed by atoms with van der Waals surface area (Å²) in [6.45, 7) is 3.54. The quantitative estimate of drug-likeness (QED) is 0.771. The summed E-state index contributed by atoms with van der Waals surface area (Å²) >= 11 is 2.52. The van der Waals surface area contributed by atoms with Gasteiger partial charge in [0.05, 0.1) is 12.1 Å². The molecule has 0 aromatic carbocycles. The van der Waals surface area contributed by atoms with E-state index in [9.17, 15) is 9.59 Å². The van der Waals surface area contributed by atoms with E-state index in [1.165, 1.54) is 28.1 Å². The number of carboxylic acid groups (broad SMARTS) is 1. The van der Waals surface area contributed by atoms with Crippen molar-refractivity contribution in [1.29, 1.82) is 0 Å². The zero-order valence-corrected chi connectivity index (χ0v) is 13.0. The van der Waals surface area contributed by atoms with E-state index in [-0.39, 0.29) is 17.6 Å². The third-order valence-electron chi connectivity index (χ3n) is 2.60. The van der Waals surface area contributed by atoms with Crippen molar-refractivity contribution < 1.29 is 14.7 Å². The standard InChI is InChI=1S/C12H14N4O3S2/c1-5(13)10-15-7(3-20-10)9(17)14-6(2)11-16-8(4-21-11)12(18)19/h3-6H,13H2,1-2H3,(H,14,17)(H,18,19). The van der Waals surface area contributed by atoms with Crippen LogP contribution in [0.1, 0.15) is 56.9 Å². The first-order valence-corrected chi connectivity index (χ1v) is 7.85. The molecule has 21 heavy (non-hydrogen) atoms. The summed E-state index contributed by atoms with van der Waals surface area (Å²) < 4.78 is 0. The van der Waals surface area contributed by atoms with Crippen molar-refractivity contribution >= 4 is 34.6 Å². The Morgan fingerprint density at radius 1 is 1.19 bits per heavy atom. The summed E-state index contributed by atoms with van der Waals surface area (Å²) in [5.41, 5.74) is 5.98. The highest BCUT2D eigenvalue weighted by molar-refractivity contribution is 7.10. The number of nitrogens with two attached hydrogens (primary N) is 1. The Kier molecular flexibility index (Phi) is 4.66. The van der Waals surface area contributed by atoms with Crippen molar-refractivity contribution in [3.05, 3.63) is 32.2 Å². The fourth-order valence-electron chi connectivity index (χ4n) is 1.52. The van der Waals surface area contributed by atoms with Gasteiger partial charge < -0.3 is 16.2 Å². The van der Waals surface area contributed by atoms with Gasteiger partial charge in [-0.1, -0.05) is 0 Å². The number of amides is 1. The van der Waals surface area contributed by atoms with Crippen molar-refractivity contribution in [2.75, 3.05) is 0 Å². The number of carbonyl (C=O) groups is 2. The highest BCUT2D eigenvalue weighted by Gasteiger charge is 2.18. The lowest BCUT2D eigenvalue weighted by molar-refractivity contribution is 0.0691. The van der Waals surface area contributed by atoms with E-state index >= 15 is 0 Å². The number of carbonyl (C=O) groups excluding carboxylic acids is 1. The average molecular weight is 326 g/mol. The first-order chi connectivity index (χ1) is 9.88. The van der Waals surface area contributed by atoms with E-state index in [1.807, 2.05) is 0 Å². The second-order valence-corrected chi connectivity index (χ2v) is 6.21. The van der Waals surface area contributed by atoms with Gasteiger partial charge in [-0.05, 0) is 13.8 Å². The Hall–Kier alpha value is -1.84. The van der Waals surface area contributed by atoms with Crippen LogP contribution in [0.4, 0.5) is 0 Å². The van der Waals surface area contributed by atoms with E-state index in [0.29, 0.717) is 15.7 Å². The van der Waals surface area contributed by atoms with Crippen molar-refractivity contribution in [2.24, 2.45) is 5.73 Å². The van der Waals surface area contributed by atoms with Gasteiger partial charge in [0.15, 0.2) is 5.69 Å². The van der Waals surface area contributed by atoms with Gasteiger partial charge in [-0.2, -0.15) is 0 Å². The maximum absolute atomic E-state index is 12.1. The van der Waals surface area contributed by atoms with Gasteiger partial charge in [0, 0.05) is 10.8 Å². The number of carboxylic acids is 1. The highest BCUT2D eigenvalue weighted by Crippen LogP contribution is 2.20. The van der Waals surface area contributed by atoms with Gasteiger partial charge in [-0.3, -0.25) is 4.79 Å². The number of aromatic nitrogens is 2. The number of nitrogens with zero attached hydrogens (tertiary/aromatic N) is 2. The molecule has 2 rings (SSSR count). The minimum atomic E-state index is -1.09. The average Bonchev–Trinajstić information content (AvgIpc) is 3.08. The Balaban J connectivity index is 2.05. The van der Waals surface area contributed by atoms with E-state index in [4.69, 9.17) is 10.8 Å². The third-order valence-corrected chi connectivity index (χ3v) is 4.68. The summed E-state index contributed by atoms with van der Waals surface area (Å²) in [6, 6.07) is -0.609. The Morgan fingerprint density at radius 2 is 1.76 bits per heavy atom. The maximum atomic E-state index is 12.1. The van der Waals surface area contributed by atoms with Crippen LogP contribution in [0.2, 0.25) is 0 Å². The Bertz CT molecular complexity index is 665. The van der Waals surface area contributed by atoms with Crippen LogP contribution in [-0.2, 0) is 0 Å². The molecule has 112 valence electrons. The molecule has 0 saturated carbocycles. The molecule has 0 aliphatic heterocycles. The van der Waals surface area contributed by atoms with Gasteiger partial charge in [-0.25, -0.2) is 14.8 Å². The molecule has 0 bridgehead atoms. The van der Waals surface area contributed by atoms with E-state index < -0.39 is 12.0 Å². The number of nitrogens with one attached hydrogen (secondary N) is 1. The summed E-state index contributed by atoms with van der Waals surface area (Å²) in [6.07, 6.45) is 0. The molecule has 7 nitrogen and oxygen atoms in total. The highest BCUT2D eigenvalue weighted by atomic mass is 32.1. The first kappa shape index (κ1) is 15.5. The normalized spacial score (nSPS) is 13.7. The fourth-order valence-corrected chi connectivity index (χ4v) is 3.08. The summed E-state index contributed by atoms with van der Waals surface area (Å²) in [4.78, 5) is 31.0.